The molecule has 0 saturated carbocycles. The first-order valence-corrected chi connectivity index (χ1v) is 6.25. The molecule has 1 aliphatic heterocycles. The van der Waals surface area contributed by atoms with Crippen LogP contribution < -0.4 is 5.32 Å². The molecule has 0 fully saturated rings. The fourth-order valence-corrected chi connectivity index (χ4v) is 1.96. The van der Waals surface area contributed by atoms with E-state index in [4.69, 9.17) is 0 Å². The number of carbonyl (C=O) groups excluding carboxylic acids is 1. The van der Waals surface area contributed by atoms with Gasteiger partial charge in [-0.3, -0.25) is 4.79 Å². The second-order valence-electron chi connectivity index (χ2n) is 4.51. The Bertz CT molecular complexity index is 764. The lowest BCUT2D eigenvalue weighted by molar-refractivity contribution is -0.115. The molecular weight excluding hydrogens is 274 g/mol. The average Bonchev–Trinajstić information content (AvgIpc) is 2.83. The van der Waals surface area contributed by atoms with Crippen LogP contribution >= 0.6 is 0 Å². The van der Waals surface area contributed by atoms with Gasteiger partial charge in [0, 0.05) is 5.56 Å². The van der Waals surface area contributed by atoms with Crippen LogP contribution in [0.2, 0.25) is 0 Å². The van der Waals surface area contributed by atoms with Crippen molar-refractivity contribution in [3.05, 3.63) is 77.0 Å². The summed E-state index contributed by atoms with van der Waals surface area (Å²) in [4.78, 5) is 16.0. The molecule has 2 aromatic rings. The van der Waals surface area contributed by atoms with Crippen LogP contribution in [0.5, 0.6) is 0 Å². The number of aliphatic imine (C=N–C) groups is 1. The molecule has 0 saturated heterocycles. The van der Waals surface area contributed by atoms with Crippen molar-refractivity contribution in [1.82, 2.24) is 5.32 Å². The molecule has 0 aliphatic carbocycles. The van der Waals surface area contributed by atoms with E-state index in [2.05, 4.69) is 10.3 Å². The number of nitrogens with one attached hydrogen (secondary N) is 1. The van der Waals surface area contributed by atoms with E-state index in [-0.39, 0.29) is 17.4 Å². The van der Waals surface area contributed by atoms with E-state index < -0.39 is 5.82 Å². The average molecular weight is 284 g/mol. The van der Waals surface area contributed by atoms with Crippen molar-refractivity contribution in [1.29, 1.82) is 0 Å². The zero-order valence-corrected chi connectivity index (χ0v) is 10.8. The van der Waals surface area contributed by atoms with Crippen molar-refractivity contribution < 1.29 is 13.6 Å². The van der Waals surface area contributed by atoms with Gasteiger partial charge in [-0.25, -0.2) is 13.8 Å². The van der Waals surface area contributed by atoms with Gasteiger partial charge in [0.2, 0.25) is 0 Å². The second kappa shape index (κ2) is 5.28. The van der Waals surface area contributed by atoms with Gasteiger partial charge in [0.15, 0.2) is 0 Å². The maximum atomic E-state index is 13.2. The number of rotatable bonds is 2. The molecule has 0 aromatic heterocycles. The SMILES string of the molecule is O=C1NC(c2cccc(F)c2)=NC1=Cc1ccc(F)cc1. The van der Waals surface area contributed by atoms with E-state index >= 15 is 0 Å². The number of halogens is 2. The predicted octanol–water partition coefficient (Wildman–Crippen LogP) is 2.88. The normalized spacial score (nSPS) is 16.0. The maximum absolute atomic E-state index is 13.2. The maximum Gasteiger partial charge on any atom is 0.275 e. The van der Waals surface area contributed by atoms with Gasteiger partial charge in [-0.05, 0) is 35.9 Å². The molecule has 0 spiro atoms. The minimum Gasteiger partial charge on any atom is -0.305 e. The minimum absolute atomic E-state index is 0.195. The largest absolute Gasteiger partial charge is 0.305 e. The van der Waals surface area contributed by atoms with Crippen molar-refractivity contribution in [2.45, 2.75) is 0 Å². The van der Waals surface area contributed by atoms with E-state index in [0.29, 0.717) is 17.0 Å². The molecule has 3 nitrogen and oxygen atoms in total. The van der Waals surface area contributed by atoms with Crippen LogP contribution in [0.3, 0.4) is 0 Å². The predicted molar refractivity (Wildman–Crippen MR) is 75.5 cm³/mol. The fourth-order valence-electron chi connectivity index (χ4n) is 1.96. The summed E-state index contributed by atoms with van der Waals surface area (Å²) >= 11 is 0. The van der Waals surface area contributed by atoms with E-state index in [0.717, 1.165) is 0 Å². The Hall–Kier alpha value is -2.82. The molecule has 104 valence electrons. The van der Waals surface area contributed by atoms with E-state index in [9.17, 15) is 13.6 Å². The summed E-state index contributed by atoms with van der Waals surface area (Å²) in [5.74, 6) is -0.830. The summed E-state index contributed by atoms with van der Waals surface area (Å²) in [5.41, 5.74) is 1.34. The molecular formula is C16H10F2N2O. The highest BCUT2D eigenvalue weighted by molar-refractivity contribution is 6.19. The molecule has 1 aliphatic rings. The van der Waals surface area contributed by atoms with E-state index in [1.54, 1.807) is 30.3 Å². The third-order valence-electron chi connectivity index (χ3n) is 2.97. The number of nitrogens with zero attached hydrogens (tertiary/aromatic N) is 1. The molecule has 1 heterocycles. The third kappa shape index (κ3) is 2.86. The second-order valence-corrected chi connectivity index (χ2v) is 4.51. The van der Waals surface area contributed by atoms with Gasteiger partial charge in [0.1, 0.15) is 23.2 Å². The lowest BCUT2D eigenvalue weighted by Gasteiger charge is -1.99. The van der Waals surface area contributed by atoms with Crippen LogP contribution in [0, 0.1) is 11.6 Å². The summed E-state index contributed by atoms with van der Waals surface area (Å²) in [6, 6.07) is 11.5. The van der Waals surface area contributed by atoms with Crippen LogP contribution in [0.4, 0.5) is 8.78 Å². The number of hydrogen-bond acceptors (Lipinski definition) is 2. The number of carbonyl (C=O) groups is 1. The van der Waals surface area contributed by atoms with Crippen molar-refractivity contribution >= 4 is 17.8 Å². The Morgan fingerprint density at radius 1 is 1.00 bits per heavy atom. The van der Waals surface area contributed by atoms with Crippen LogP contribution in [0.1, 0.15) is 11.1 Å². The fraction of sp³-hybridized carbons (Fsp3) is 0. The van der Waals surface area contributed by atoms with Crippen molar-refractivity contribution in [3.8, 4) is 0 Å². The monoisotopic (exact) mass is 284 g/mol. The summed E-state index contributed by atoms with van der Waals surface area (Å²) in [7, 11) is 0. The molecule has 0 bridgehead atoms. The number of amides is 1. The Kier molecular flexibility index (Phi) is 3.31. The summed E-state index contributed by atoms with van der Waals surface area (Å²) in [6.07, 6.45) is 1.54. The molecule has 3 rings (SSSR count). The molecule has 0 radical (unpaired) electrons. The number of benzene rings is 2. The Labute approximate surface area is 119 Å². The highest BCUT2D eigenvalue weighted by atomic mass is 19.1. The quantitative estimate of drug-likeness (QED) is 0.846. The topological polar surface area (TPSA) is 41.5 Å². The zero-order chi connectivity index (χ0) is 14.8. The number of amidine groups is 1. The molecule has 0 atom stereocenters. The summed E-state index contributed by atoms with van der Waals surface area (Å²) in [5, 5.41) is 2.58. The van der Waals surface area contributed by atoms with Gasteiger partial charge in [-0.2, -0.15) is 0 Å². The Morgan fingerprint density at radius 2 is 1.76 bits per heavy atom. The summed E-state index contributed by atoms with van der Waals surface area (Å²) < 4.78 is 26.0. The summed E-state index contributed by atoms with van der Waals surface area (Å²) in [6.45, 7) is 0. The van der Waals surface area contributed by atoms with Gasteiger partial charge in [-0.1, -0.05) is 24.3 Å². The van der Waals surface area contributed by atoms with Crippen LogP contribution in [0.15, 0.2) is 59.2 Å². The number of hydrogen-bond donors (Lipinski definition) is 1. The first-order chi connectivity index (χ1) is 10.1. The Morgan fingerprint density at radius 3 is 2.48 bits per heavy atom. The van der Waals surface area contributed by atoms with Gasteiger partial charge < -0.3 is 5.32 Å². The van der Waals surface area contributed by atoms with Gasteiger partial charge in [0.25, 0.3) is 5.91 Å². The smallest absolute Gasteiger partial charge is 0.275 e. The van der Waals surface area contributed by atoms with Crippen molar-refractivity contribution in [2.75, 3.05) is 0 Å². The third-order valence-corrected chi connectivity index (χ3v) is 2.97. The van der Waals surface area contributed by atoms with Gasteiger partial charge in [0.05, 0.1) is 0 Å². The molecule has 1 N–H and O–H groups in total. The van der Waals surface area contributed by atoms with Crippen LogP contribution in [-0.2, 0) is 4.79 Å². The molecule has 5 heteroatoms. The van der Waals surface area contributed by atoms with Crippen LogP contribution in [-0.4, -0.2) is 11.7 Å². The van der Waals surface area contributed by atoms with Crippen molar-refractivity contribution in [2.24, 2.45) is 4.99 Å². The lowest BCUT2D eigenvalue weighted by Crippen LogP contribution is -2.24. The first kappa shape index (κ1) is 13.2. The van der Waals surface area contributed by atoms with E-state index in [1.807, 2.05) is 0 Å². The van der Waals surface area contributed by atoms with Gasteiger partial charge >= 0.3 is 0 Å². The molecule has 0 unspecified atom stereocenters. The zero-order valence-electron chi connectivity index (χ0n) is 10.8. The first-order valence-electron chi connectivity index (χ1n) is 6.25. The lowest BCUT2D eigenvalue weighted by atomic mass is 10.2. The van der Waals surface area contributed by atoms with Crippen molar-refractivity contribution in [3.63, 3.8) is 0 Å². The highest BCUT2D eigenvalue weighted by Crippen LogP contribution is 2.16. The van der Waals surface area contributed by atoms with Crippen LogP contribution in [0.25, 0.3) is 6.08 Å². The molecule has 21 heavy (non-hydrogen) atoms. The Balaban J connectivity index is 1.93. The molecule has 1 amide bonds. The van der Waals surface area contributed by atoms with Gasteiger partial charge in [-0.15, -0.1) is 0 Å². The minimum atomic E-state index is -0.402. The van der Waals surface area contributed by atoms with E-state index in [1.165, 1.54) is 24.3 Å². The molecule has 2 aromatic carbocycles. The highest BCUT2D eigenvalue weighted by Gasteiger charge is 2.21. The standard InChI is InChI=1S/C16H10F2N2O/c17-12-6-4-10(5-7-12)8-14-16(21)20-15(19-14)11-2-1-3-13(18)9-11/h1-9H,(H,19,20,21).